The molecular formula is C18H15F6NO2. The second kappa shape index (κ2) is 8.79. The SMILES string of the molecule is O=C(CCCOc1ccc(F)cc1F)NCc1ccc(F)cc1C(F)(F)F. The number of nitrogens with one attached hydrogen (secondary N) is 1. The van der Waals surface area contributed by atoms with Crippen LogP contribution in [0, 0.1) is 17.5 Å². The van der Waals surface area contributed by atoms with Gasteiger partial charge in [0.2, 0.25) is 5.91 Å². The van der Waals surface area contributed by atoms with E-state index in [1.54, 1.807) is 0 Å². The molecule has 2 rings (SSSR count). The monoisotopic (exact) mass is 391 g/mol. The first kappa shape index (κ1) is 20.6. The van der Waals surface area contributed by atoms with Crippen molar-refractivity contribution in [2.45, 2.75) is 25.6 Å². The molecule has 2 aromatic carbocycles. The van der Waals surface area contributed by atoms with Crippen molar-refractivity contribution in [1.82, 2.24) is 5.32 Å². The molecule has 0 aliphatic carbocycles. The Morgan fingerprint density at radius 1 is 1.00 bits per heavy atom. The van der Waals surface area contributed by atoms with Crippen LogP contribution in [0.1, 0.15) is 24.0 Å². The number of hydrogen-bond donors (Lipinski definition) is 1. The van der Waals surface area contributed by atoms with Crippen LogP contribution >= 0.6 is 0 Å². The average molecular weight is 391 g/mol. The van der Waals surface area contributed by atoms with Crippen LogP contribution in [0.25, 0.3) is 0 Å². The van der Waals surface area contributed by atoms with Crippen molar-refractivity contribution in [3.63, 3.8) is 0 Å². The normalized spacial score (nSPS) is 11.3. The van der Waals surface area contributed by atoms with E-state index < -0.39 is 41.6 Å². The van der Waals surface area contributed by atoms with Crippen molar-refractivity contribution in [2.75, 3.05) is 6.61 Å². The van der Waals surface area contributed by atoms with Crippen LogP contribution in [0.2, 0.25) is 0 Å². The molecule has 0 unspecified atom stereocenters. The van der Waals surface area contributed by atoms with Crippen LogP contribution in [0.3, 0.4) is 0 Å². The average Bonchev–Trinajstić information content (AvgIpc) is 2.58. The van der Waals surface area contributed by atoms with Gasteiger partial charge in [0.05, 0.1) is 12.2 Å². The Labute approximate surface area is 150 Å². The zero-order chi connectivity index (χ0) is 20.0. The minimum Gasteiger partial charge on any atom is -0.491 e. The molecule has 0 aromatic heterocycles. The highest BCUT2D eigenvalue weighted by Crippen LogP contribution is 2.32. The van der Waals surface area contributed by atoms with E-state index in [-0.39, 0.29) is 30.8 Å². The number of hydrogen-bond acceptors (Lipinski definition) is 2. The van der Waals surface area contributed by atoms with Gasteiger partial charge in [-0.05, 0) is 36.2 Å². The second-order valence-electron chi connectivity index (χ2n) is 5.60. The molecule has 1 amide bonds. The molecule has 0 saturated carbocycles. The number of carbonyl (C=O) groups excluding carboxylic acids is 1. The summed E-state index contributed by atoms with van der Waals surface area (Å²) in [5, 5.41) is 2.31. The predicted molar refractivity (Wildman–Crippen MR) is 84.3 cm³/mol. The first-order valence-electron chi connectivity index (χ1n) is 7.87. The third kappa shape index (κ3) is 6.19. The number of halogens is 6. The van der Waals surface area contributed by atoms with Gasteiger partial charge in [0.25, 0.3) is 0 Å². The summed E-state index contributed by atoms with van der Waals surface area (Å²) in [7, 11) is 0. The van der Waals surface area contributed by atoms with Gasteiger partial charge in [-0.2, -0.15) is 13.2 Å². The zero-order valence-electron chi connectivity index (χ0n) is 13.9. The fraction of sp³-hybridized carbons (Fsp3) is 0.278. The summed E-state index contributed by atoms with van der Waals surface area (Å²) in [5.74, 6) is -3.37. The molecule has 27 heavy (non-hydrogen) atoms. The number of alkyl halides is 3. The van der Waals surface area contributed by atoms with Gasteiger partial charge in [-0.25, -0.2) is 13.2 Å². The fourth-order valence-corrected chi connectivity index (χ4v) is 2.26. The minimum atomic E-state index is -4.74. The van der Waals surface area contributed by atoms with Crippen LogP contribution in [0.15, 0.2) is 36.4 Å². The molecule has 0 saturated heterocycles. The summed E-state index contributed by atoms with van der Waals surface area (Å²) < 4.78 is 82.8. The van der Waals surface area contributed by atoms with Crippen molar-refractivity contribution in [2.24, 2.45) is 0 Å². The van der Waals surface area contributed by atoms with Crippen LogP contribution < -0.4 is 10.1 Å². The molecule has 3 nitrogen and oxygen atoms in total. The van der Waals surface area contributed by atoms with Gasteiger partial charge < -0.3 is 10.1 Å². The number of benzene rings is 2. The maximum Gasteiger partial charge on any atom is 0.416 e. The van der Waals surface area contributed by atoms with Crippen LogP contribution in [-0.4, -0.2) is 12.5 Å². The van der Waals surface area contributed by atoms with E-state index in [2.05, 4.69) is 5.32 Å². The van der Waals surface area contributed by atoms with Gasteiger partial charge in [-0.15, -0.1) is 0 Å². The van der Waals surface area contributed by atoms with E-state index in [9.17, 15) is 31.1 Å². The van der Waals surface area contributed by atoms with Gasteiger partial charge in [0, 0.05) is 19.0 Å². The van der Waals surface area contributed by atoms with Crippen molar-refractivity contribution < 1.29 is 35.9 Å². The lowest BCUT2D eigenvalue weighted by atomic mass is 10.1. The fourth-order valence-electron chi connectivity index (χ4n) is 2.26. The van der Waals surface area contributed by atoms with Crippen molar-refractivity contribution in [1.29, 1.82) is 0 Å². The summed E-state index contributed by atoms with van der Waals surface area (Å²) in [6.07, 6.45) is -4.65. The topological polar surface area (TPSA) is 38.3 Å². The number of ether oxygens (including phenoxy) is 1. The summed E-state index contributed by atoms with van der Waals surface area (Å²) in [6.45, 7) is -0.457. The molecule has 0 radical (unpaired) electrons. The van der Waals surface area contributed by atoms with Crippen LogP contribution in [0.4, 0.5) is 26.3 Å². The maximum absolute atomic E-state index is 13.3. The Morgan fingerprint density at radius 2 is 1.67 bits per heavy atom. The summed E-state index contributed by atoms with van der Waals surface area (Å²) >= 11 is 0. The summed E-state index contributed by atoms with van der Waals surface area (Å²) in [6, 6.07) is 4.99. The molecule has 0 atom stereocenters. The molecule has 1 N–H and O–H groups in total. The molecule has 0 spiro atoms. The Bertz CT molecular complexity index is 807. The smallest absolute Gasteiger partial charge is 0.416 e. The third-order valence-corrected chi connectivity index (χ3v) is 3.55. The number of rotatable bonds is 7. The Hall–Kier alpha value is -2.71. The molecule has 146 valence electrons. The van der Waals surface area contributed by atoms with Gasteiger partial charge in [-0.1, -0.05) is 6.07 Å². The standard InChI is InChI=1S/C18H15F6NO2/c19-12-4-3-11(14(8-12)18(22,23)24)10-25-17(26)2-1-7-27-16-6-5-13(20)9-15(16)21/h3-6,8-9H,1-2,7,10H2,(H,25,26). The molecule has 0 aliphatic heterocycles. The molecule has 9 heteroatoms. The second-order valence-corrected chi connectivity index (χ2v) is 5.60. The lowest BCUT2D eigenvalue weighted by Crippen LogP contribution is -2.24. The van der Waals surface area contributed by atoms with Crippen molar-refractivity contribution >= 4 is 5.91 Å². The van der Waals surface area contributed by atoms with Crippen LogP contribution in [0.5, 0.6) is 5.75 Å². The lowest BCUT2D eigenvalue weighted by molar-refractivity contribution is -0.138. The molecule has 0 fully saturated rings. The van der Waals surface area contributed by atoms with Crippen molar-refractivity contribution in [3.05, 3.63) is 65.0 Å². The minimum absolute atomic E-state index is 0.0413. The first-order chi connectivity index (χ1) is 12.7. The van der Waals surface area contributed by atoms with Crippen molar-refractivity contribution in [3.8, 4) is 5.75 Å². The summed E-state index contributed by atoms with van der Waals surface area (Å²) in [4.78, 5) is 11.7. The van der Waals surface area contributed by atoms with E-state index >= 15 is 0 Å². The Morgan fingerprint density at radius 3 is 2.33 bits per heavy atom. The number of carbonyl (C=O) groups is 1. The van der Waals surface area contributed by atoms with E-state index in [1.165, 1.54) is 0 Å². The van der Waals surface area contributed by atoms with Crippen LogP contribution in [-0.2, 0) is 17.5 Å². The first-order valence-corrected chi connectivity index (χ1v) is 7.87. The molecule has 2 aromatic rings. The van der Waals surface area contributed by atoms with E-state index in [0.717, 1.165) is 24.3 Å². The maximum atomic E-state index is 13.3. The highest BCUT2D eigenvalue weighted by atomic mass is 19.4. The highest BCUT2D eigenvalue weighted by molar-refractivity contribution is 5.75. The van der Waals surface area contributed by atoms with Gasteiger partial charge in [0.15, 0.2) is 11.6 Å². The molecule has 0 bridgehead atoms. The van der Waals surface area contributed by atoms with Gasteiger partial charge >= 0.3 is 6.18 Å². The van der Waals surface area contributed by atoms with E-state index in [1.807, 2.05) is 0 Å². The Balaban J connectivity index is 1.80. The highest BCUT2D eigenvalue weighted by Gasteiger charge is 2.33. The molecular weight excluding hydrogens is 376 g/mol. The molecule has 0 heterocycles. The summed E-state index contributed by atoms with van der Waals surface area (Å²) in [5.41, 5.74) is -1.42. The lowest BCUT2D eigenvalue weighted by Gasteiger charge is -2.13. The quantitative estimate of drug-likeness (QED) is 0.554. The van der Waals surface area contributed by atoms with E-state index in [0.29, 0.717) is 12.1 Å². The van der Waals surface area contributed by atoms with E-state index in [4.69, 9.17) is 4.74 Å². The zero-order valence-corrected chi connectivity index (χ0v) is 13.9. The van der Waals surface area contributed by atoms with Gasteiger partial charge in [-0.3, -0.25) is 4.79 Å². The predicted octanol–water partition coefficient (Wildman–Crippen LogP) is 4.60. The number of amides is 1. The largest absolute Gasteiger partial charge is 0.491 e. The third-order valence-electron chi connectivity index (χ3n) is 3.55. The van der Waals surface area contributed by atoms with Gasteiger partial charge in [0.1, 0.15) is 11.6 Å². The molecule has 0 aliphatic rings. The Kier molecular flexibility index (Phi) is 6.70.